The summed E-state index contributed by atoms with van der Waals surface area (Å²) in [7, 11) is 0. The van der Waals surface area contributed by atoms with E-state index in [-0.39, 0.29) is 0 Å². The molecule has 0 saturated carbocycles. The van der Waals surface area contributed by atoms with Gasteiger partial charge in [-0.25, -0.2) is 0 Å². The molecule has 0 bridgehead atoms. The van der Waals surface area contributed by atoms with Gasteiger partial charge in [0.25, 0.3) is 0 Å². The van der Waals surface area contributed by atoms with Crippen molar-refractivity contribution in [2.24, 2.45) is 5.92 Å². The third-order valence-corrected chi connectivity index (χ3v) is 2.23. The lowest BCUT2D eigenvalue weighted by molar-refractivity contribution is 0.0963. The van der Waals surface area contributed by atoms with E-state index in [9.17, 15) is 0 Å². The summed E-state index contributed by atoms with van der Waals surface area (Å²) in [4.78, 5) is 0. The maximum Gasteiger partial charge on any atom is 0.0701 e. The molecule has 13 heavy (non-hydrogen) atoms. The van der Waals surface area contributed by atoms with E-state index in [2.05, 4.69) is 20.8 Å². The standard InChI is InChI=1S/C11H20O2/c1-9(2)6-13-8-11-7-12-5-4-10(11)3/h9H,4-8H2,1-3H3. The van der Waals surface area contributed by atoms with Crippen LogP contribution in [0.25, 0.3) is 0 Å². The minimum Gasteiger partial charge on any atom is -0.377 e. The number of ether oxygens (including phenoxy) is 2. The lowest BCUT2D eigenvalue weighted by Gasteiger charge is -2.18. The SMILES string of the molecule is CC1=C(COCC(C)C)COCC1. The van der Waals surface area contributed by atoms with Crippen LogP contribution < -0.4 is 0 Å². The van der Waals surface area contributed by atoms with Crippen LogP contribution in [-0.2, 0) is 9.47 Å². The Bertz CT molecular complexity index is 183. The van der Waals surface area contributed by atoms with Crippen LogP contribution in [0.4, 0.5) is 0 Å². The average molecular weight is 184 g/mol. The summed E-state index contributed by atoms with van der Waals surface area (Å²) in [6, 6.07) is 0. The Morgan fingerprint density at radius 1 is 1.46 bits per heavy atom. The van der Waals surface area contributed by atoms with Crippen LogP contribution in [0.5, 0.6) is 0 Å². The smallest absolute Gasteiger partial charge is 0.0701 e. The van der Waals surface area contributed by atoms with E-state index >= 15 is 0 Å². The van der Waals surface area contributed by atoms with Crippen LogP contribution in [-0.4, -0.2) is 26.4 Å². The summed E-state index contributed by atoms with van der Waals surface area (Å²) >= 11 is 0. The van der Waals surface area contributed by atoms with Crippen molar-refractivity contribution in [3.8, 4) is 0 Å². The maximum atomic E-state index is 5.57. The molecule has 0 unspecified atom stereocenters. The van der Waals surface area contributed by atoms with E-state index in [0.29, 0.717) is 5.92 Å². The molecule has 1 aliphatic heterocycles. The fourth-order valence-corrected chi connectivity index (χ4v) is 1.30. The molecule has 0 aromatic carbocycles. The molecule has 0 spiro atoms. The molecular formula is C11H20O2. The monoisotopic (exact) mass is 184 g/mol. The molecule has 0 aromatic rings. The van der Waals surface area contributed by atoms with E-state index in [0.717, 1.165) is 32.8 Å². The first-order valence-electron chi connectivity index (χ1n) is 5.03. The maximum absolute atomic E-state index is 5.57. The Labute approximate surface area is 80.9 Å². The molecule has 0 aromatic heterocycles. The molecular weight excluding hydrogens is 164 g/mol. The zero-order valence-corrected chi connectivity index (χ0v) is 8.93. The highest BCUT2D eigenvalue weighted by Gasteiger charge is 2.09. The van der Waals surface area contributed by atoms with Gasteiger partial charge in [-0.05, 0) is 24.8 Å². The molecule has 0 atom stereocenters. The van der Waals surface area contributed by atoms with E-state index < -0.39 is 0 Å². The third-order valence-electron chi connectivity index (χ3n) is 2.23. The normalized spacial score (nSPS) is 18.5. The van der Waals surface area contributed by atoms with Gasteiger partial charge < -0.3 is 9.47 Å². The highest BCUT2D eigenvalue weighted by atomic mass is 16.5. The van der Waals surface area contributed by atoms with Gasteiger partial charge in [-0.3, -0.25) is 0 Å². The Kier molecular flexibility index (Phi) is 4.46. The molecule has 2 heteroatoms. The summed E-state index contributed by atoms with van der Waals surface area (Å²) in [6.45, 7) is 9.75. The van der Waals surface area contributed by atoms with E-state index in [4.69, 9.17) is 9.47 Å². The van der Waals surface area contributed by atoms with Gasteiger partial charge in [0.1, 0.15) is 0 Å². The molecule has 2 nitrogen and oxygen atoms in total. The molecule has 0 radical (unpaired) electrons. The van der Waals surface area contributed by atoms with Crippen LogP contribution in [0.2, 0.25) is 0 Å². The second-order valence-corrected chi connectivity index (χ2v) is 4.10. The zero-order chi connectivity index (χ0) is 9.68. The van der Waals surface area contributed by atoms with Gasteiger partial charge in [-0.15, -0.1) is 0 Å². The van der Waals surface area contributed by atoms with E-state index in [1.807, 2.05) is 0 Å². The van der Waals surface area contributed by atoms with Crippen molar-refractivity contribution in [1.29, 1.82) is 0 Å². The molecule has 1 heterocycles. The van der Waals surface area contributed by atoms with Crippen LogP contribution >= 0.6 is 0 Å². The first-order chi connectivity index (χ1) is 6.20. The Balaban J connectivity index is 2.26. The van der Waals surface area contributed by atoms with E-state index in [1.165, 1.54) is 11.1 Å². The van der Waals surface area contributed by atoms with Crippen LogP contribution in [0, 0.1) is 5.92 Å². The van der Waals surface area contributed by atoms with Crippen molar-refractivity contribution < 1.29 is 9.47 Å². The predicted molar refractivity (Wildman–Crippen MR) is 53.8 cm³/mol. The van der Waals surface area contributed by atoms with Crippen LogP contribution in [0.15, 0.2) is 11.1 Å². The molecule has 76 valence electrons. The van der Waals surface area contributed by atoms with Crippen molar-refractivity contribution >= 4 is 0 Å². The molecule has 0 fully saturated rings. The molecule has 0 saturated heterocycles. The fraction of sp³-hybridized carbons (Fsp3) is 0.818. The lowest BCUT2D eigenvalue weighted by Crippen LogP contribution is -2.15. The minimum absolute atomic E-state index is 0.616. The van der Waals surface area contributed by atoms with Gasteiger partial charge in [-0.1, -0.05) is 19.4 Å². The van der Waals surface area contributed by atoms with E-state index in [1.54, 1.807) is 0 Å². The number of hydrogen-bond acceptors (Lipinski definition) is 2. The number of hydrogen-bond donors (Lipinski definition) is 0. The van der Waals surface area contributed by atoms with Gasteiger partial charge in [-0.2, -0.15) is 0 Å². The summed E-state index contributed by atoms with van der Waals surface area (Å²) in [5, 5.41) is 0. The second-order valence-electron chi connectivity index (χ2n) is 4.10. The van der Waals surface area contributed by atoms with Crippen molar-refractivity contribution in [1.82, 2.24) is 0 Å². The largest absolute Gasteiger partial charge is 0.377 e. The Morgan fingerprint density at radius 3 is 2.85 bits per heavy atom. The van der Waals surface area contributed by atoms with Crippen molar-refractivity contribution in [3.63, 3.8) is 0 Å². The quantitative estimate of drug-likeness (QED) is 0.625. The molecule has 0 aliphatic carbocycles. The van der Waals surface area contributed by atoms with Gasteiger partial charge in [0.05, 0.1) is 19.8 Å². The van der Waals surface area contributed by atoms with Gasteiger partial charge in [0.15, 0.2) is 0 Å². The number of rotatable bonds is 4. The topological polar surface area (TPSA) is 18.5 Å². The van der Waals surface area contributed by atoms with Crippen molar-refractivity contribution in [2.75, 3.05) is 26.4 Å². The Hall–Kier alpha value is -0.340. The molecule has 1 aliphatic rings. The zero-order valence-electron chi connectivity index (χ0n) is 8.93. The van der Waals surface area contributed by atoms with Crippen molar-refractivity contribution in [2.45, 2.75) is 27.2 Å². The predicted octanol–water partition coefficient (Wildman–Crippen LogP) is 2.40. The van der Waals surface area contributed by atoms with Gasteiger partial charge in [0.2, 0.25) is 0 Å². The third kappa shape index (κ3) is 3.92. The van der Waals surface area contributed by atoms with Gasteiger partial charge >= 0.3 is 0 Å². The fourth-order valence-electron chi connectivity index (χ4n) is 1.30. The van der Waals surface area contributed by atoms with Crippen molar-refractivity contribution in [3.05, 3.63) is 11.1 Å². The van der Waals surface area contributed by atoms with Gasteiger partial charge in [0, 0.05) is 6.61 Å². The Morgan fingerprint density at radius 2 is 2.23 bits per heavy atom. The highest BCUT2D eigenvalue weighted by Crippen LogP contribution is 2.15. The first kappa shape index (κ1) is 10.7. The highest BCUT2D eigenvalue weighted by molar-refractivity contribution is 5.15. The summed E-state index contributed by atoms with van der Waals surface area (Å²) in [6.07, 6.45) is 1.07. The second kappa shape index (κ2) is 5.40. The molecule has 0 N–H and O–H groups in total. The van der Waals surface area contributed by atoms with Crippen LogP contribution in [0.1, 0.15) is 27.2 Å². The average Bonchev–Trinajstić information content (AvgIpc) is 2.08. The lowest BCUT2D eigenvalue weighted by atomic mass is 10.1. The summed E-state index contributed by atoms with van der Waals surface area (Å²) in [5.74, 6) is 0.616. The minimum atomic E-state index is 0.616. The molecule has 1 rings (SSSR count). The summed E-state index contributed by atoms with van der Waals surface area (Å²) in [5.41, 5.74) is 2.79. The first-order valence-corrected chi connectivity index (χ1v) is 5.03. The molecule has 0 amide bonds. The van der Waals surface area contributed by atoms with Crippen LogP contribution in [0.3, 0.4) is 0 Å². The summed E-state index contributed by atoms with van der Waals surface area (Å²) < 4.78 is 10.9.